The van der Waals surface area contributed by atoms with Crippen LogP contribution in [0, 0.1) is 6.92 Å². The van der Waals surface area contributed by atoms with E-state index in [-0.39, 0.29) is 6.61 Å². The van der Waals surface area contributed by atoms with Gasteiger partial charge in [-0.05, 0) is 12.5 Å². The van der Waals surface area contributed by atoms with Gasteiger partial charge in [-0.3, -0.25) is 0 Å². The molecule has 0 aliphatic heterocycles. The SMILES string of the molecule is Cc1cccc(CSC(C)CO)c1. The Balaban J connectivity index is 2.45. The molecule has 1 rings (SSSR count). The van der Waals surface area contributed by atoms with Crippen molar-refractivity contribution < 1.29 is 5.11 Å². The van der Waals surface area contributed by atoms with Gasteiger partial charge in [0.25, 0.3) is 0 Å². The number of benzene rings is 1. The van der Waals surface area contributed by atoms with E-state index in [1.807, 2.05) is 6.92 Å². The summed E-state index contributed by atoms with van der Waals surface area (Å²) < 4.78 is 0. The van der Waals surface area contributed by atoms with Gasteiger partial charge in [-0.2, -0.15) is 11.8 Å². The number of aryl methyl sites for hydroxylation is 1. The first-order chi connectivity index (χ1) is 6.22. The summed E-state index contributed by atoms with van der Waals surface area (Å²) in [5, 5.41) is 9.18. The Labute approximate surface area is 84.2 Å². The molecule has 1 atom stereocenters. The number of aliphatic hydroxyl groups is 1. The van der Waals surface area contributed by atoms with Crippen LogP contribution < -0.4 is 0 Å². The molecular formula is C11H16OS. The van der Waals surface area contributed by atoms with Gasteiger partial charge in [0.05, 0.1) is 6.61 Å². The largest absolute Gasteiger partial charge is 0.395 e. The van der Waals surface area contributed by atoms with Crippen LogP contribution in [0.15, 0.2) is 24.3 Å². The molecule has 0 spiro atoms. The highest BCUT2D eigenvalue weighted by Gasteiger charge is 2.00. The Hall–Kier alpha value is -0.470. The van der Waals surface area contributed by atoms with E-state index in [9.17, 15) is 0 Å². The maximum Gasteiger partial charge on any atom is 0.0547 e. The lowest BCUT2D eigenvalue weighted by Crippen LogP contribution is -2.02. The standard InChI is InChI=1S/C11H16OS/c1-9-4-3-5-11(6-9)8-13-10(2)7-12/h3-6,10,12H,7-8H2,1-2H3. The van der Waals surface area contributed by atoms with Crippen molar-refractivity contribution in [2.24, 2.45) is 0 Å². The van der Waals surface area contributed by atoms with E-state index in [0.29, 0.717) is 5.25 Å². The van der Waals surface area contributed by atoms with Crippen molar-refractivity contribution in [1.29, 1.82) is 0 Å². The summed E-state index contributed by atoms with van der Waals surface area (Å²) in [5.74, 6) is 0.989. The zero-order valence-corrected chi connectivity index (χ0v) is 8.97. The summed E-state index contributed by atoms with van der Waals surface area (Å²) >= 11 is 1.79. The van der Waals surface area contributed by atoms with Crippen molar-refractivity contribution in [3.8, 4) is 0 Å². The van der Waals surface area contributed by atoms with Crippen molar-refractivity contribution in [1.82, 2.24) is 0 Å². The molecule has 0 saturated carbocycles. The van der Waals surface area contributed by atoms with Crippen LogP contribution in [-0.4, -0.2) is 17.0 Å². The average molecular weight is 196 g/mol. The van der Waals surface area contributed by atoms with Crippen molar-refractivity contribution in [3.63, 3.8) is 0 Å². The fourth-order valence-corrected chi connectivity index (χ4v) is 1.86. The van der Waals surface area contributed by atoms with Gasteiger partial charge >= 0.3 is 0 Å². The maximum absolute atomic E-state index is 8.85. The minimum atomic E-state index is 0.260. The Morgan fingerprint density at radius 3 is 2.85 bits per heavy atom. The van der Waals surface area contributed by atoms with Crippen molar-refractivity contribution >= 4 is 11.8 Å². The van der Waals surface area contributed by atoms with Crippen molar-refractivity contribution in [3.05, 3.63) is 35.4 Å². The van der Waals surface area contributed by atoms with Gasteiger partial charge in [0.15, 0.2) is 0 Å². The van der Waals surface area contributed by atoms with E-state index < -0.39 is 0 Å². The van der Waals surface area contributed by atoms with Gasteiger partial charge in [0.1, 0.15) is 0 Å². The molecule has 1 N–H and O–H groups in total. The number of hydrogen-bond donors (Lipinski definition) is 1. The third kappa shape index (κ3) is 3.83. The molecule has 0 fully saturated rings. The van der Waals surface area contributed by atoms with Gasteiger partial charge < -0.3 is 5.11 Å². The van der Waals surface area contributed by atoms with Crippen LogP contribution in [0.25, 0.3) is 0 Å². The second-order valence-corrected chi connectivity index (χ2v) is 4.72. The smallest absolute Gasteiger partial charge is 0.0547 e. The molecular weight excluding hydrogens is 180 g/mol. The topological polar surface area (TPSA) is 20.2 Å². The van der Waals surface area contributed by atoms with E-state index in [1.165, 1.54) is 11.1 Å². The molecule has 1 unspecified atom stereocenters. The van der Waals surface area contributed by atoms with Gasteiger partial charge in [-0.25, -0.2) is 0 Å². The van der Waals surface area contributed by atoms with Gasteiger partial charge in [-0.1, -0.05) is 36.8 Å². The molecule has 1 aromatic rings. The molecule has 0 aliphatic rings. The first-order valence-electron chi connectivity index (χ1n) is 4.50. The number of aliphatic hydroxyl groups excluding tert-OH is 1. The van der Waals surface area contributed by atoms with Crippen molar-refractivity contribution in [2.75, 3.05) is 6.61 Å². The fraction of sp³-hybridized carbons (Fsp3) is 0.455. The predicted octanol–water partition coefficient (Wildman–Crippen LogP) is 2.61. The highest BCUT2D eigenvalue weighted by molar-refractivity contribution is 7.99. The molecule has 13 heavy (non-hydrogen) atoms. The molecule has 0 aliphatic carbocycles. The summed E-state index contributed by atoms with van der Waals surface area (Å²) in [7, 11) is 0. The monoisotopic (exact) mass is 196 g/mol. The van der Waals surface area contributed by atoms with E-state index in [1.54, 1.807) is 11.8 Å². The average Bonchev–Trinajstić information content (AvgIpc) is 2.14. The lowest BCUT2D eigenvalue weighted by Gasteiger charge is -2.07. The Kier molecular flexibility index (Phi) is 4.33. The summed E-state index contributed by atoms with van der Waals surface area (Å²) in [6, 6.07) is 8.50. The molecule has 0 saturated heterocycles. The maximum atomic E-state index is 8.85. The van der Waals surface area contributed by atoms with E-state index in [2.05, 4.69) is 31.2 Å². The minimum Gasteiger partial charge on any atom is -0.395 e. The summed E-state index contributed by atoms with van der Waals surface area (Å²) in [6.07, 6.45) is 0. The van der Waals surface area contributed by atoms with E-state index in [0.717, 1.165) is 5.75 Å². The normalized spacial score (nSPS) is 12.8. The van der Waals surface area contributed by atoms with Crippen LogP contribution in [0.1, 0.15) is 18.1 Å². The summed E-state index contributed by atoms with van der Waals surface area (Å²) in [5.41, 5.74) is 2.64. The Morgan fingerprint density at radius 2 is 2.23 bits per heavy atom. The predicted molar refractivity (Wildman–Crippen MR) is 59.0 cm³/mol. The molecule has 0 heterocycles. The molecule has 2 heteroatoms. The number of thioether (sulfide) groups is 1. The third-order valence-electron chi connectivity index (χ3n) is 1.87. The highest BCUT2D eigenvalue weighted by Crippen LogP contribution is 2.17. The Morgan fingerprint density at radius 1 is 1.46 bits per heavy atom. The Bertz CT molecular complexity index is 260. The van der Waals surface area contributed by atoms with Crippen molar-refractivity contribution in [2.45, 2.75) is 24.9 Å². The molecule has 0 amide bonds. The zero-order chi connectivity index (χ0) is 9.68. The van der Waals surface area contributed by atoms with E-state index >= 15 is 0 Å². The molecule has 0 aromatic heterocycles. The van der Waals surface area contributed by atoms with Gasteiger partial charge in [-0.15, -0.1) is 0 Å². The first kappa shape index (κ1) is 10.6. The fourth-order valence-electron chi connectivity index (χ4n) is 1.09. The quantitative estimate of drug-likeness (QED) is 0.798. The second kappa shape index (κ2) is 5.30. The van der Waals surface area contributed by atoms with Gasteiger partial charge in [0.2, 0.25) is 0 Å². The van der Waals surface area contributed by atoms with Crippen LogP contribution in [0.3, 0.4) is 0 Å². The van der Waals surface area contributed by atoms with Crippen LogP contribution >= 0.6 is 11.8 Å². The molecule has 1 nitrogen and oxygen atoms in total. The second-order valence-electron chi connectivity index (χ2n) is 3.29. The van der Waals surface area contributed by atoms with Gasteiger partial charge in [0, 0.05) is 11.0 Å². The van der Waals surface area contributed by atoms with Crippen LogP contribution in [-0.2, 0) is 5.75 Å². The lowest BCUT2D eigenvalue weighted by molar-refractivity contribution is 0.300. The molecule has 0 bridgehead atoms. The molecule has 72 valence electrons. The summed E-state index contributed by atoms with van der Waals surface area (Å²) in [6.45, 7) is 4.40. The van der Waals surface area contributed by atoms with Crippen LogP contribution in [0.4, 0.5) is 0 Å². The first-order valence-corrected chi connectivity index (χ1v) is 5.55. The van der Waals surface area contributed by atoms with Crippen LogP contribution in [0.5, 0.6) is 0 Å². The molecule has 0 radical (unpaired) electrons. The summed E-state index contributed by atoms with van der Waals surface area (Å²) in [4.78, 5) is 0. The highest BCUT2D eigenvalue weighted by atomic mass is 32.2. The lowest BCUT2D eigenvalue weighted by atomic mass is 10.2. The van der Waals surface area contributed by atoms with E-state index in [4.69, 9.17) is 5.11 Å². The molecule has 1 aromatic carbocycles. The minimum absolute atomic E-state index is 0.260. The number of hydrogen-bond acceptors (Lipinski definition) is 2. The third-order valence-corrected chi connectivity index (χ3v) is 3.09. The number of rotatable bonds is 4. The van der Waals surface area contributed by atoms with Crippen LogP contribution in [0.2, 0.25) is 0 Å². The zero-order valence-electron chi connectivity index (χ0n) is 8.16.